The number of nitrogens with two attached hydrogens (primary N) is 1. The molecule has 2 atom stereocenters. The SMILES string of the molecule is CC(C)CC(=O)N1CCO[C@@H]([C@@H](C)N)C1. The minimum Gasteiger partial charge on any atom is -0.373 e. The van der Waals surface area contributed by atoms with Crippen LogP contribution in [-0.2, 0) is 9.53 Å². The van der Waals surface area contributed by atoms with Gasteiger partial charge in [-0.25, -0.2) is 0 Å². The van der Waals surface area contributed by atoms with E-state index in [0.29, 0.717) is 32.0 Å². The second kappa shape index (κ2) is 5.47. The van der Waals surface area contributed by atoms with Crippen LogP contribution in [0.5, 0.6) is 0 Å². The molecule has 0 unspecified atom stereocenters. The van der Waals surface area contributed by atoms with Crippen molar-refractivity contribution in [1.82, 2.24) is 4.90 Å². The van der Waals surface area contributed by atoms with Crippen molar-refractivity contribution in [3.05, 3.63) is 0 Å². The molecule has 15 heavy (non-hydrogen) atoms. The summed E-state index contributed by atoms with van der Waals surface area (Å²) in [6.07, 6.45) is 0.612. The zero-order valence-electron chi connectivity index (χ0n) is 9.90. The fourth-order valence-electron chi connectivity index (χ4n) is 1.70. The Labute approximate surface area is 91.8 Å². The summed E-state index contributed by atoms with van der Waals surface area (Å²) < 4.78 is 5.51. The minimum atomic E-state index is -0.0142. The van der Waals surface area contributed by atoms with E-state index >= 15 is 0 Å². The Kier molecular flexibility index (Phi) is 4.54. The highest BCUT2D eigenvalue weighted by atomic mass is 16.5. The Morgan fingerprint density at radius 3 is 2.73 bits per heavy atom. The summed E-state index contributed by atoms with van der Waals surface area (Å²) in [4.78, 5) is 13.7. The fraction of sp³-hybridized carbons (Fsp3) is 0.909. The second-order valence-corrected chi connectivity index (χ2v) is 4.71. The normalized spacial score (nSPS) is 24.3. The van der Waals surface area contributed by atoms with Crippen LogP contribution in [0, 0.1) is 5.92 Å². The van der Waals surface area contributed by atoms with E-state index in [-0.39, 0.29) is 18.1 Å². The molecule has 1 saturated heterocycles. The maximum atomic E-state index is 11.8. The number of hydrogen-bond acceptors (Lipinski definition) is 3. The zero-order valence-corrected chi connectivity index (χ0v) is 9.90. The van der Waals surface area contributed by atoms with Gasteiger partial charge in [0.25, 0.3) is 0 Å². The summed E-state index contributed by atoms with van der Waals surface area (Å²) in [6, 6.07) is -0.0142. The molecule has 1 aliphatic rings. The molecule has 1 amide bonds. The maximum absolute atomic E-state index is 11.8. The lowest BCUT2D eigenvalue weighted by Crippen LogP contribution is -2.51. The van der Waals surface area contributed by atoms with Crippen LogP contribution in [0.2, 0.25) is 0 Å². The van der Waals surface area contributed by atoms with Crippen molar-refractivity contribution in [2.75, 3.05) is 19.7 Å². The molecule has 1 heterocycles. The van der Waals surface area contributed by atoms with Crippen molar-refractivity contribution in [2.45, 2.75) is 39.3 Å². The van der Waals surface area contributed by atoms with Gasteiger partial charge in [0, 0.05) is 25.6 Å². The van der Waals surface area contributed by atoms with Crippen molar-refractivity contribution in [3.8, 4) is 0 Å². The lowest BCUT2D eigenvalue weighted by Gasteiger charge is -2.35. The third kappa shape index (κ3) is 3.80. The zero-order chi connectivity index (χ0) is 11.4. The lowest BCUT2D eigenvalue weighted by atomic mass is 10.1. The van der Waals surface area contributed by atoms with Crippen LogP contribution in [-0.4, -0.2) is 42.6 Å². The van der Waals surface area contributed by atoms with E-state index in [9.17, 15) is 4.79 Å². The highest BCUT2D eigenvalue weighted by Crippen LogP contribution is 2.11. The molecule has 0 spiro atoms. The van der Waals surface area contributed by atoms with Gasteiger partial charge in [0.15, 0.2) is 0 Å². The molecule has 0 aliphatic carbocycles. The van der Waals surface area contributed by atoms with Gasteiger partial charge in [0.1, 0.15) is 0 Å². The first-order valence-electron chi connectivity index (χ1n) is 5.65. The largest absolute Gasteiger partial charge is 0.373 e. The van der Waals surface area contributed by atoms with Crippen LogP contribution in [0.3, 0.4) is 0 Å². The summed E-state index contributed by atoms with van der Waals surface area (Å²) in [5, 5.41) is 0. The van der Waals surface area contributed by atoms with Crippen molar-refractivity contribution < 1.29 is 9.53 Å². The van der Waals surface area contributed by atoms with Gasteiger partial charge in [-0.15, -0.1) is 0 Å². The molecule has 4 nitrogen and oxygen atoms in total. The van der Waals surface area contributed by atoms with Crippen LogP contribution in [0.25, 0.3) is 0 Å². The standard InChI is InChI=1S/C11H22N2O2/c1-8(2)6-11(14)13-4-5-15-10(7-13)9(3)12/h8-10H,4-7,12H2,1-3H3/t9-,10-/m1/s1. The molecule has 4 heteroatoms. The van der Waals surface area contributed by atoms with E-state index in [1.165, 1.54) is 0 Å². The van der Waals surface area contributed by atoms with Crippen molar-refractivity contribution in [1.29, 1.82) is 0 Å². The summed E-state index contributed by atoms with van der Waals surface area (Å²) in [7, 11) is 0. The molecule has 0 aromatic heterocycles. The Bertz CT molecular complexity index is 217. The molecule has 0 radical (unpaired) electrons. The number of carbonyl (C=O) groups excluding carboxylic acids is 1. The van der Waals surface area contributed by atoms with E-state index < -0.39 is 0 Å². The molecule has 0 aromatic carbocycles. The van der Waals surface area contributed by atoms with Crippen LogP contribution >= 0.6 is 0 Å². The lowest BCUT2D eigenvalue weighted by molar-refractivity contribution is -0.140. The molecule has 1 aliphatic heterocycles. The smallest absolute Gasteiger partial charge is 0.222 e. The highest BCUT2D eigenvalue weighted by Gasteiger charge is 2.26. The Balaban J connectivity index is 2.45. The fourth-order valence-corrected chi connectivity index (χ4v) is 1.70. The van der Waals surface area contributed by atoms with Gasteiger partial charge < -0.3 is 15.4 Å². The quantitative estimate of drug-likeness (QED) is 0.749. The van der Waals surface area contributed by atoms with Gasteiger partial charge in [0.05, 0.1) is 12.7 Å². The Morgan fingerprint density at radius 1 is 1.53 bits per heavy atom. The molecule has 0 saturated carbocycles. The number of rotatable bonds is 3. The number of ether oxygens (including phenoxy) is 1. The predicted molar refractivity (Wildman–Crippen MR) is 59.4 cm³/mol. The average Bonchev–Trinajstić information content (AvgIpc) is 2.17. The van der Waals surface area contributed by atoms with E-state index in [1.54, 1.807) is 0 Å². The van der Waals surface area contributed by atoms with Gasteiger partial charge in [-0.05, 0) is 12.8 Å². The van der Waals surface area contributed by atoms with Crippen LogP contribution in [0.15, 0.2) is 0 Å². The monoisotopic (exact) mass is 214 g/mol. The molecule has 88 valence electrons. The topological polar surface area (TPSA) is 55.6 Å². The van der Waals surface area contributed by atoms with Gasteiger partial charge in [0.2, 0.25) is 5.91 Å². The van der Waals surface area contributed by atoms with Gasteiger partial charge in [-0.2, -0.15) is 0 Å². The minimum absolute atomic E-state index is 0.00476. The van der Waals surface area contributed by atoms with Crippen LogP contribution < -0.4 is 5.73 Å². The maximum Gasteiger partial charge on any atom is 0.222 e. The molecule has 0 aromatic rings. The van der Waals surface area contributed by atoms with Gasteiger partial charge >= 0.3 is 0 Å². The molecule has 1 rings (SSSR count). The van der Waals surface area contributed by atoms with Gasteiger partial charge in [-0.1, -0.05) is 13.8 Å². The van der Waals surface area contributed by atoms with Gasteiger partial charge in [-0.3, -0.25) is 4.79 Å². The first kappa shape index (κ1) is 12.5. The first-order valence-corrected chi connectivity index (χ1v) is 5.65. The van der Waals surface area contributed by atoms with E-state index in [1.807, 2.05) is 11.8 Å². The van der Waals surface area contributed by atoms with Crippen molar-refractivity contribution >= 4 is 5.91 Å². The summed E-state index contributed by atoms with van der Waals surface area (Å²) in [6.45, 7) is 7.98. The molecule has 1 fully saturated rings. The summed E-state index contributed by atoms with van der Waals surface area (Å²) >= 11 is 0. The Morgan fingerprint density at radius 2 is 2.20 bits per heavy atom. The number of carbonyl (C=O) groups is 1. The third-order valence-electron chi connectivity index (χ3n) is 2.62. The summed E-state index contributed by atoms with van der Waals surface area (Å²) in [5.74, 6) is 0.632. The highest BCUT2D eigenvalue weighted by molar-refractivity contribution is 5.76. The van der Waals surface area contributed by atoms with Crippen LogP contribution in [0.4, 0.5) is 0 Å². The number of hydrogen-bond donors (Lipinski definition) is 1. The first-order chi connectivity index (χ1) is 7.00. The molecular weight excluding hydrogens is 192 g/mol. The van der Waals surface area contributed by atoms with Crippen molar-refractivity contribution in [3.63, 3.8) is 0 Å². The number of morpholine rings is 1. The molecule has 0 bridgehead atoms. The van der Waals surface area contributed by atoms with E-state index in [2.05, 4.69) is 13.8 Å². The van der Waals surface area contributed by atoms with E-state index in [0.717, 1.165) is 0 Å². The second-order valence-electron chi connectivity index (χ2n) is 4.71. The number of amides is 1. The van der Waals surface area contributed by atoms with Crippen LogP contribution in [0.1, 0.15) is 27.2 Å². The average molecular weight is 214 g/mol. The number of nitrogens with zero attached hydrogens (tertiary/aromatic N) is 1. The predicted octanol–water partition coefficient (Wildman–Crippen LogP) is 0.607. The molecular formula is C11H22N2O2. The molecule has 2 N–H and O–H groups in total. The van der Waals surface area contributed by atoms with Crippen molar-refractivity contribution in [2.24, 2.45) is 11.7 Å². The third-order valence-corrected chi connectivity index (χ3v) is 2.62. The Hall–Kier alpha value is -0.610. The van der Waals surface area contributed by atoms with E-state index in [4.69, 9.17) is 10.5 Å². The summed E-state index contributed by atoms with van der Waals surface area (Å²) in [5.41, 5.74) is 5.77.